The van der Waals surface area contributed by atoms with Crippen LogP contribution >= 0.6 is 0 Å². The van der Waals surface area contributed by atoms with Gasteiger partial charge in [-0.25, -0.2) is 0 Å². The Kier molecular flexibility index (Phi) is 7.06. The second kappa shape index (κ2) is 9.27. The van der Waals surface area contributed by atoms with Crippen LogP contribution in [0, 0.1) is 0 Å². The highest BCUT2D eigenvalue weighted by atomic mass is 16.5. The Hall–Kier alpha value is -2.50. The maximum absolute atomic E-state index is 13.0. The minimum absolute atomic E-state index is 0.0990. The number of anilines is 1. The van der Waals surface area contributed by atoms with Gasteiger partial charge in [0.1, 0.15) is 0 Å². The van der Waals surface area contributed by atoms with E-state index < -0.39 is 0 Å². The monoisotopic (exact) mass is 360 g/mol. The average Bonchev–Trinajstić information content (AvgIpc) is 2.67. The molecule has 0 unspecified atom stereocenters. The van der Waals surface area contributed by atoms with Gasteiger partial charge in [-0.15, -0.1) is 0 Å². The second-order valence-corrected chi connectivity index (χ2v) is 6.36. The third kappa shape index (κ3) is 4.56. The molecule has 1 aliphatic rings. The molecule has 2 rings (SSSR count). The number of nitrogens with one attached hydrogen (secondary N) is 1. The molecule has 6 heteroatoms. The lowest BCUT2D eigenvalue weighted by Crippen LogP contribution is -2.36. The Morgan fingerprint density at radius 3 is 2.31 bits per heavy atom. The number of allylic oxidation sites excluding steroid dienone is 1. The first kappa shape index (κ1) is 19.8. The molecule has 0 radical (unpaired) electrons. The molecule has 0 aromatic heterocycles. The van der Waals surface area contributed by atoms with Gasteiger partial charge in [-0.3, -0.25) is 9.59 Å². The zero-order chi connectivity index (χ0) is 19.1. The Morgan fingerprint density at radius 1 is 1.12 bits per heavy atom. The van der Waals surface area contributed by atoms with E-state index in [0.29, 0.717) is 28.3 Å². The lowest BCUT2D eigenvalue weighted by molar-refractivity contribution is -0.112. The van der Waals surface area contributed by atoms with E-state index in [1.807, 2.05) is 17.9 Å². The number of carbonyl (C=O) groups is 2. The van der Waals surface area contributed by atoms with Crippen LogP contribution in [0.3, 0.4) is 0 Å². The Labute approximate surface area is 155 Å². The van der Waals surface area contributed by atoms with Crippen molar-refractivity contribution in [3.8, 4) is 11.5 Å². The van der Waals surface area contributed by atoms with Gasteiger partial charge in [0, 0.05) is 24.7 Å². The predicted molar refractivity (Wildman–Crippen MR) is 102 cm³/mol. The molecule has 0 aliphatic carbocycles. The number of carbonyl (C=O) groups excluding carboxylic acids is 2. The molecule has 26 heavy (non-hydrogen) atoms. The van der Waals surface area contributed by atoms with Crippen molar-refractivity contribution >= 4 is 17.5 Å². The molecule has 1 fully saturated rings. The number of piperidine rings is 1. The number of hydrogen-bond acceptors (Lipinski definition) is 4. The Balaban J connectivity index is 2.41. The van der Waals surface area contributed by atoms with Gasteiger partial charge in [0.05, 0.1) is 25.5 Å². The highest BCUT2D eigenvalue weighted by Crippen LogP contribution is 2.34. The molecule has 142 valence electrons. The predicted octanol–water partition coefficient (Wildman–Crippen LogP) is 3.62. The van der Waals surface area contributed by atoms with E-state index in [-0.39, 0.29) is 11.8 Å². The molecule has 1 aromatic carbocycles. The summed E-state index contributed by atoms with van der Waals surface area (Å²) in [5.74, 6) is 0.603. The van der Waals surface area contributed by atoms with Crippen molar-refractivity contribution in [3.63, 3.8) is 0 Å². The zero-order valence-electron chi connectivity index (χ0n) is 16.1. The summed E-state index contributed by atoms with van der Waals surface area (Å²) in [6.45, 7) is 5.19. The van der Waals surface area contributed by atoms with Crippen LogP contribution < -0.4 is 14.8 Å². The second-order valence-electron chi connectivity index (χ2n) is 6.36. The normalized spacial score (nSPS) is 14.8. The first-order valence-electron chi connectivity index (χ1n) is 9.05. The molecule has 1 saturated heterocycles. The minimum Gasteiger partial charge on any atom is -0.493 e. The van der Waals surface area contributed by atoms with E-state index in [2.05, 4.69) is 5.32 Å². The van der Waals surface area contributed by atoms with Crippen molar-refractivity contribution in [2.75, 3.05) is 32.6 Å². The van der Waals surface area contributed by atoms with Crippen LogP contribution in [0.2, 0.25) is 0 Å². The van der Waals surface area contributed by atoms with E-state index in [0.717, 1.165) is 38.8 Å². The molecule has 2 amide bonds. The van der Waals surface area contributed by atoms with Crippen LogP contribution in [-0.4, -0.2) is 44.0 Å². The summed E-state index contributed by atoms with van der Waals surface area (Å²) in [6, 6.07) is 3.29. The number of rotatable bonds is 6. The summed E-state index contributed by atoms with van der Waals surface area (Å²) in [5.41, 5.74) is 1.47. The number of ether oxygens (including phenoxy) is 2. The molecule has 0 saturated carbocycles. The van der Waals surface area contributed by atoms with Crippen LogP contribution in [-0.2, 0) is 4.79 Å². The van der Waals surface area contributed by atoms with Crippen LogP contribution in [0.15, 0.2) is 23.8 Å². The summed E-state index contributed by atoms with van der Waals surface area (Å²) in [4.78, 5) is 27.3. The fourth-order valence-corrected chi connectivity index (χ4v) is 3.05. The van der Waals surface area contributed by atoms with Crippen LogP contribution in [0.5, 0.6) is 11.5 Å². The Bertz CT molecular complexity index is 691. The van der Waals surface area contributed by atoms with Crippen molar-refractivity contribution in [2.24, 2.45) is 0 Å². The van der Waals surface area contributed by atoms with Gasteiger partial charge < -0.3 is 19.7 Å². The van der Waals surface area contributed by atoms with Gasteiger partial charge in [0.2, 0.25) is 0 Å². The molecule has 0 atom stereocenters. The molecule has 1 aliphatic heterocycles. The Morgan fingerprint density at radius 2 is 1.73 bits per heavy atom. The van der Waals surface area contributed by atoms with E-state index in [1.54, 1.807) is 19.1 Å². The fraction of sp³-hybridized carbons (Fsp3) is 0.500. The molecular formula is C20H28N2O4. The lowest BCUT2D eigenvalue weighted by Gasteiger charge is -2.28. The largest absolute Gasteiger partial charge is 0.493 e. The van der Waals surface area contributed by atoms with Crippen LogP contribution in [0.25, 0.3) is 0 Å². The topological polar surface area (TPSA) is 67.9 Å². The van der Waals surface area contributed by atoms with Gasteiger partial charge in [0.25, 0.3) is 11.8 Å². The van der Waals surface area contributed by atoms with Gasteiger partial charge in [-0.2, -0.15) is 0 Å². The van der Waals surface area contributed by atoms with Crippen molar-refractivity contribution in [2.45, 2.75) is 39.5 Å². The van der Waals surface area contributed by atoms with Gasteiger partial charge >= 0.3 is 0 Å². The standard InChI is InChI=1S/C20H28N2O4/c1-5-9-14(2)19(23)21-16-13-18(26-4)17(25-3)12-15(16)20(24)22-10-7-6-8-11-22/h9,12-13H,5-8,10-11H2,1-4H3,(H,21,23). The minimum atomic E-state index is -0.230. The molecular weight excluding hydrogens is 332 g/mol. The smallest absolute Gasteiger partial charge is 0.256 e. The lowest BCUT2D eigenvalue weighted by atomic mass is 10.1. The third-order valence-corrected chi connectivity index (χ3v) is 4.51. The number of benzene rings is 1. The number of hydrogen-bond donors (Lipinski definition) is 1. The highest BCUT2D eigenvalue weighted by molar-refractivity contribution is 6.09. The first-order valence-corrected chi connectivity index (χ1v) is 9.05. The third-order valence-electron chi connectivity index (χ3n) is 4.51. The van der Waals surface area contributed by atoms with Crippen LogP contribution in [0.4, 0.5) is 5.69 Å². The summed E-state index contributed by atoms with van der Waals surface area (Å²) >= 11 is 0. The average molecular weight is 360 g/mol. The van der Waals surface area contributed by atoms with E-state index in [1.165, 1.54) is 14.2 Å². The van der Waals surface area contributed by atoms with Crippen molar-refractivity contribution in [1.29, 1.82) is 0 Å². The van der Waals surface area contributed by atoms with E-state index >= 15 is 0 Å². The molecule has 6 nitrogen and oxygen atoms in total. The number of methoxy groups -OCH3 is 2. The number of likely N-dealkylation sites (tertiary alicyclic amines) is 1. The van der Waals surface area contributed by atoms with Crippen molar-refractivity contribution in [3.05, 3.63) is 29.3 Å². The van der Waals surface area contributed by atoms with Gasteiger partial charge in [0.15, 0.2) is 11.5 Å². The van der Waals surface area contributed by atoms with E-state index in [9.17, 15) is 9.59 Å². The first-order chi connectivity index (χ1) is 12.5. The molecule has 1 aromatic rings. The number of nitrogens with zero attached hydrogens (tertiary/aromatic N) is 1. The maximum atomic E-state index is 13.0. The highest BCUT2D eigenvalue weighted by Gasteiger charge is 2.24. The summed E-state index contributed by atoms with van der Waals surface area (Å²) < 4.78 is 10.7. The van der Waals surface area contributed by atoms with Gasteiger partial charge in [-0.05, 0) is 38.7 Å². The molecule has 1 N–H and O–H groups in total. The van der Waals surface area contributed by atoms with Gasteiger partial charge in [-0.1, -0.05) is 13.0 Å². The molecule has 1 heterocycles. The zero-order valence-corrected chi connectivity index (χ0v) is 16.1. The summed E-state index contributed by atoms with van der Waals surface area (Å²) in [6.07, 6.45) is 5.76. The quantitative estimate of drug-likeness (QED) is 0.787. The molecule has 0 bridgehead atoms. The summed E-state index contributed by atoms with van der Waals surface area (Å²) in [7, 11) is 3.05. The summed E-state index contributed by atoms with van der Waals surface area (Å²) in [5, 5.41) is 2.85. The van der Waals surface area contributed by atoms with Crippen molar-refractivity contribution < 1.29 is 19.1 Å². The maximum Gasteiger partial charge on any atom is 0.256 e. The SMILES string of the molecule is CCC=C(C)C(=O)Nc1cc(OC)c(OC)cc1C(=O)N1CCCCC1. The fourth-order valence-electron chi connectivity index (χ4n) is 3.05. The van der Waals surface area contributed by atoms with Crippen molar-refractivity contribution in [1.82, 2.24) is 4.90 Å². The van der Waals surface area contributed by atoms with Crippen LogP contribution in [0.1, 0.15) is 49.9 Å². The van der Waals surface area contributed by atoms with E-state index in [4.69, 9.17) is 9.47 Å². The molecule has 0 spiro atoms. The number of amides is 2.